The number of likely N-dealkylation sites (tertiary alicyclic amines) is 1. The van der Waals surface area contributed by atoms with Crippen molar-refractivity contribution in [1.82, 2.24) is 24.3 Å². The SMILES string of the molecule is Cc1nc2c(n1C(C)C)CN(Cc1ccc(F)cc1)CC21CCN(C(=O)N(C)C)CC1. The third kappa shape index (κ3) is 4.07. The largest absolute Gasteiger partial charge is 0.331 e. The molecule has 0 bridgehead atoms. The standard InChI is InChI=1S/C24H34FN5O/c1-17(2)30-18(3)26-22-21(30)15-28(14-19-6-8-20(25)9-7-19)16-24(22)10-12-29(13-11-24)23(31)27(4)5/h6-9,17H,10-16H2,1-5H3. The lowest BCUT2D eigenvalue weighted by Crippen LogP contribution is -2.54. The molecule has 2 amide bonds. The van der Waals surface area contributed by atoms with Gasteiger partial charge in [-0.1, -0.05) is 12.1 Å². The van der Waals surface area contributed by atoms with Gasteiger partial charge in [-0.25, -0.2) is 14.2 Å². The monoisotopic (exact) mass is 427 g/mol. The van der Waals surface area contributed by atoms with Crippen LogP contribution >= 0.6 is 0 Å². The maximum Gasteiger partial charge on any atom is 0.319 e. The van der Waals surface area contributed by atoms with Crippen LogP contribution in [0.15, 0.2) is 24.3 Å². The first kappa shape index (κ1) is 21.8. The van der Waals surface area contributed by atoms with Crippen molar-refractivity contribution in [2.75, 3.05) is 33.7 Å². The molecule has 3 heterocycles. The number of aromatic nitrogens is 2. The Hall–Kier alpha value is -2.41. The van der Waals surface area contributed by atoms with Gasteiger partial charge in [-0.15, -0.1) is 0 Å². The minimum absolute atomic E-state index is 0.0540. The highest BCUT2D eigenvalue weighted by atomic mass is 19.1. The van der Waals surface area contributed by atoms with Crippen LogP contribution in [0.4, 0.5) is 9.18 Å². The van der Waals surface area contributed by atoms with Crippen molar-refractivity contribution in [2.24, 2.45) is 0 Å². The number of hydrogen-bond acceptors (Lipinski definition) is 3. The van der Waals surface area contributed by atoms with E-state index in [9.17, 15) is 9.18 Å². The number of piperidine rings is 1. The predicted octanol–water partition coefficient (Wildman–Crippen LogP) is 3.94. The predicted molar refractivity (Wildman–Crippen MR) is 119 cm³/mol. The molecule has 6 nitrogen and oxygen atoms in total. The first-order chi connectivity index (χ1) is 14.7. The fourth-order valence-electron chi connectivity index (χ4n) is 5.38. The van der Waals surface area contributed by atoms with Gasteiger partial charge >= 0.3 is 6.03 Å². The maximum absolute atomic E-state index is 13.4. The van der Waals surface area contributed by atoms with Gasteiger partial charge in [0.2, 0.25) is 0 Å². The molecule has 168 valence electrons. The Labute approximate surface area is 184 Å². The smallest absolute Gasteiger partial charge is 0.319 e. The number of carbonyl (C=O) groups is 1. The number of halogens is 1. The number of aryl methyl sites for hydroxylation is 1. The van der Waals surface area contributed by atoms with Crippen molar-refractivity contribution in [2.45, 2.75) is 58.2 Å². The van der Waals surface area contributed by atoms with Gasteiger partial charge in [0.1, 0.15) is 11.6 Å². The van der Waals surface area contributed by atoms with Crippen LogP contribution in [-0.2, 0) is 18.5 Å². The van der Waals surface area contributed by atoms with Crippen LogP contribution in [0.2, 0.25) is 0 Å². The number of rotatable bonds is 3. The molecular formula is C24H34FN5O. The van der Waals surface area contributed by atoms with E-state index in [0.717, 1.165) is 57.0 Å². The molecule has 0 atom stereocenters. The molecule has 31 heavy (non-hydrogen) atoms. The van der Waals surface area contributed by atoms with Crippen LogP contribution < -0.4 is 0 Å². The second kappa shape index (κ2) is 8.26. The van der Waals surface area contributed by atoms with Crippen LogP contribution in [0, 0.1) is 12.7 Å². The minimum Gasteiger partial charge on any atom is -0.331 e. The van der Waals surface area contributed by atoms with Crippen LogP contribution in [0.5, 0.6) is 0 Å². The quantitative estimate of drug-likeness (QED) is 0.745. The molecule has 0 saturated carbocycles. The summed E-state index contributed by atoms with van der Waals surface area (Å²) in [6.07, 6.45) is 1.82. The molecular weight excluding hydrogens is 393 g/mol. The molecule has 2 aliphatic heterocycles. The highest BCUT2D eigenvalue weighted by molar-refractivity contribution is 5.74. The molecule has 1 aromatic carbocycles. The summed E-state index contributed by atoms with van der Waals surface area (Å²) in [5.74, 6) is 0.863. The molecule has 0 unspecified atom stereocenters. The topological polar surface area (TPSA) is 44.6 Å². The molecule has 7 heteroatoms. The van der Waals surface area contributed by atoms with E-state index in [0.29, 0.717) is 6.04 Å². The van der Waals surface area contributed by atoms with Crippen LogP contribution in [0.25, 0.3) is 0 Å². The Morgan fingerprint density at radius 2 is 1.84 bits per heavy atom. The summed E-state index contributed by atoms with van der Waals surface area (Å²) in [5, 5.41) is 0. The number of fused-ring (bicyclic) bond motifs is 2. The summed E-state index contributed by atoms with van der Waals surface area (Å²) in [4.78, 5) is 23.6. The molecule has 0 N–H and O–H groups in total. The average Bonchev–Trinajstić information content (AvgIpc) is 3.07. The molecule has 0 aliphatic carbocycles. The second-order valence-electron chi connectivity index (χ2n) is 9.63. The summed E-state index contributed by atoms with van der Waals surface area (Å²) in [5.41, 5.74) is 3.59. The lowest BCUT2D eigenvalue weighted by atomic mass is 9.72. The average molecular weight is 428 g/mol. The lowest BCUT2D eigenvalue weighted by molar-refractivity contribution is 0.0914. The van der Waals surface area contributed by atoms with Crippen molar-refractivity contribution in [3.05, 3.63) is 52.9 Å². The number of benzene rings is 1. The van der Waals surface area contributed by atoms with Crippen molar-refractivity contribution in [3.63, 3.8) is 0 Å². The van der Waals surface area contributed by atoms with E-state index in [1.165, 1.54) is 23.5 Å². The number of hydrogen-bond donors (Lipinski definition) is 0. The van der Waals surface area contributed by atoms with E-state index in [1.54, 1.807) is 4.90 Å². The number of urea groups is 1. The summed E-state index contributed by atoms with van der Waals surface area (Å²) in [7, 11) is 3.62. The zero-order chi connectivity index (χ0) is 22.3. The van der Waals surface area contributed by atoms with Gasteiger partial charge < -0.3 is 14.4 Å². The molecule has 2 aromatic rings. The number of amides is 2. The van der Waals surface area contributed by atoms with E-state index in [2.05, 4.69) is 30.2 Å². The van der Waals surface area contributed by atoms with Gasteiger partial charge in [0.05, 0.1) is 11.4 Å². The fourth-order valence-corrected chi connectivity index (χ4v) is 5.38. The molecule has 1 aromatic heterocycles. The highest BCUT2D eigenvalue weighted by Gasteiger charge is 2.46. The molecule has 1 spiro atoms. The first-order valence-corrected chi connectivity index (χ1v) is 11.2. The van der Waals surface area contributed by atoms with Gasteiger partial charge in [-0.3, -0.25) is 4.90 Å². The van der Waals surface area contributed by atoms with Gasteiger partial charge in [-0.05, 0) is 51.3 Å². The third-order valence-corrected chi connectivity index (χ3v) is 6.80. The van der Waals surface area contributed by atoms with Crippen LogP contribution in [0.3, 0.4) is 0 Å². The Morgan fingerprint density at radius 3 is 2.42 bits per heavy atom. The highest BCUT2D eigenvalue weighted by Crippen LogP contribution is 2.43. The normalized spacial score (nSPS) is 18.5. The van der Waals surface area contributed by atoms with Gasteiger partial charge in [0.15, 0.2) is 0 Å². The molecule has 1 saturated heterocycles. The lowest BCUT2D eigenvalue weighted by Gasteiger charge is -2.47. The van der Waals surface area contributed by atoms with Crippen LogP contribution in [-0.4, -0.2) is 64.0 Å². The Bertz CT molecular complexity index is 942. The van der Waals surface area contributed by atoms with Gasteiger partial charge in [-0.2, -0.15) is 0 Å². The summed E-state index contributed by atoms with van der Waals surface area (Å²) >= 11 is 0. The number of carbonyl (C=O) groups excluding carboxylic acids is 1. The van der Waals surface area contributed by atoms with Gasteiger partial charge in [0.25, 0.3) is 0 Å². The van der Waals surface area contributed by atoms with E-state index in [4.69, 9.17) is 4.98 Å². The number of nitrogens with zero attached hydrogens (tertiary/aromatic N) is 5. The molecule has 2 aliphatic rings. The molecule has 4 rings (SSSR count). The first-order valence-electron chi connectivity index (χ1n) is 11.2. The maximum atomic E-state index is 13.4. The zero-order valence-electron chi connectivity index (χ0n) is 19.4. The van der Waals surface area contributed by atoms with Crippen molar-refractivity contribution in [3.8, 4) is 0 Å². The van der Waals surface area contributed by atoms with E-state index in [-0.39, 0.29) is 17.3 Å². The summed E-state index contributed by atoms with van der Waals surface area (Å²) in [6, 6.07) is 7.25. The van der Waals surface area contributed by atoms with Gasteiger partial charge in [0, 0.05) is 58.3 Å². The second-order valence-corrected chi connectivity index (χ2v) is 9.63. The Balaban J connectivity index is 1.65. The van der Waals surface area contributed by atoms with Crippen molar-refractivity contribution < 1.29 is 9.18 Å². The Kier molecular flexibility index (Phi) is 5.81. The molecule has 1 fully saturated rings. The summed E-state index contributed by atoms with van der Waals surface area (Å²) < 4.78 is 15.8. The van der Waals surface area contributed by atoms with E-state index >= 15 is 0 Å². The third-order valence-electron chi connectivity index (χ3n) is 6.80. The van der Waals surface area contributed by atoms with Crippen molar-refractivity contribution in [1.29, 1.82) is 0 Å². The number of imidazole rings is 1. The van der Waals surface area contributed by atoms with Crippen LogP contribution in [0.1, 0.15) is 55.5 Å². The van der Waals surface area contributed by atoms with E-state index in [1.807, 2.05) is 31.1 Å². The van der Waals surface area contributed by atoms with E-state index < -0.39 is 0 Å². The zero-order valence-corrected chi connectivity index (χ0v) is 19.4. The minimum atomic E-state index is -0.201. The summed E-state index contributed by atoms with van der Waals surface area (Å²) in [6.45, 7) is 10.5. The fraction of sp³-hybridized carbons (Fsp3) is 0.583. The molecule has 0 radical (unpaired) electrons. The Morgan fingerprint density at radius 1 is 1.19 bits per heavy atom. The van der Waals surface area contributed by atoms with Crippen molar-refractivity contribution >= 4 is 6.03 Å².